The molecule has 0 aliphatic rings. The number of hydrogen-bond acceptors (Lipinski definition) is 5. The SMILES string of the molecule is COc1ncc(Cl)c(N(C)CCCN)n1. The Morgan fingerprint density at radius 1 is 1.60 bits per heavy atom. The maximum absolute atomic E-state index is 5.97. The second-order valence-electron chi connectivity index (χ2n) is 3.09. The van der Waals surface area contributed by atoms with Gasteiger partial charge in [0.05, 0.1) is 13.3 Å². The van der Waals surface area contributed by atoms with Gasteiger partial charge in [-0.15, -0.1) is 0 Å². The highest BCUT2D eigenvalue weighted by molar-refractivity contribution is 6.32. The Morgan fingerprint density at radius 3 is 2.93 bits per heavy atom. The van der Waals surface area contributed by atoms with E-state index in [1.54, 1.807) is 0 Å². The van der Waals surface area contributed by atoms with Gasteiger partial charge in [0.1, 0.15) is 5.02 Å². The van der Waals surface area contributed by atoms with Crippen LogP contribution in [-0.4, -0.2) is 37.2 Å². The Kier molecular flexibility index (Phi) is 4.58. The van der Waals surface area contributed by atoms with Gasteiger partial charge in [-0.2, -0.15) is 4.98 Å². The first-order valence-corrected chi connectivity index (χ1v) is 5.04. The number of halogens is 1. The Labute approximate surface area is 94.2 Å². The quantitative estimate of drug-likeness (QED) is 0.815. The van der Waals surface area contributed by atoms with Crippen molar-refractivity contribution in [2.75, 3.05) is 32.1 Å². The Morgan fingerprint density at radius 2 is 2.33 bits per heavy atom. The van der Waals surface area contributed by atoms with Crippen LogP contribution < -0.4 is 15.4 Å². The average molecular weight is 231 g/mol. The van der Waals surface area contributed by atoms with Crippen molar-refractivity contribution in [3.05, 3.63) is 11.2 Å². The Bertz CT molecular complexity index is 321. The molecule has 0 amide bonds. The second kappa shape index (κ2) is 5.72. The van der Waals surface area contributed by atoms with Crippen molar-refractivity contribution < 1.29 is 4.74 Å². The minimum absolute atomic E-state index is 0.314. The molecular formula is C9H15ClN4O. The lowest BCUT2D eigenvalue weighted by molar-refractivity contribution is 0.380. The van der Waals surface area contributed by atoms with E-state index in [2.05, 4.69) is 9.97 Å². The summed E-state index contributed by atoms with van der Waals surface area (Å²) < 4.78 is 4.93. The molecular weight excluding hydrogens is 216 g/mol. The number of hydrogen-bond donors (Lipinski definition) is 1. The van der Waals surface area contributed by atoms with Crippen molar-refractivity contribution in [2.45, 2.75) is 6.42 Å². The third-order valence-corrected chi connectivity index (χ3v) is 2.21. The van der Waals surface area contributed by atoms with E-state index in [0.29, 0.717) is 23.4 Å². The fraction of sp³-hybridized carbons (Fsp3) is 0.556. The number of ether oxygens (including phenoxy) is 1. The summed E-state index contributed by atoms with van der Waals surface area (Å²) in [6, 6.07) is 0.314. The number of rotatable bonds is 5. The lowest BCUT2D eigenvalue weighted by Gasteiger charge is -2.18. The van der Waals surface area contributed by atoms with Crippen LogP contribution >= 0.6 is 11.6 Å². The first-order chi connectivity index (χ1) is 7.19. The molecule has 5 nitrogen and oxygen atoms in total. The normalized spacial score (nSPS) is 10.1. The minimum Gasteiger partial charge on any atom is -0.467 e. The number of nitrogens with two attached hydrogens (primary N) is 1. The third-order valence-electron chi connectivity index (χ3n) is 1.95. The number of aromatic nitrogens is 2. The van der Waals surface area contributed by atoms with Crippen molar-refractivity contribution >= 4 is 17.4 Å². The average Bonchev–Trinajstić information content (AvgIpc) is 2.26. The van der Waals surface area contributed by atoms with E-state index in [-0.39, 0.29) is 0 Å². The van der Waals surface area contributed by atoms with Crippen LogP contribution in [0.1, 0.15) is 6.42 Å². The molecule has 0 aliphatic heterocycles. The van der Waals surface area contributed by atoms with Crippen LogP contribution in [0.2, 0.25) is 5.02 Å². The zero-order valence-electron chi connectivity index (χ0n) is 8.90. The third kappa shape index (κ3) is 3.21. The molecule has 6 heteroatoms. The molecule has 0 spiro atoms. The molecule has 0 unspecified atom stereocenters. The van der Waals surface area contributed by atoms with Crippen LogP contribution in [0.3, 0.4) is 0 Å². The summed E-state index contributed by atoms with van der Waals surface area (Å²) in [5.41, 5.74) is 5.43. The van der Waals surface area contributed by atoms with Gasteiger partial charge in [-0.05, 0) is 13.0 Å². The van der Waals surface area contributed by atoms with E-state index in [4.69, 9.17) is 22.1 Å². The molecule has 0 saturated carbocycles. The van der Waals surface area contributed by atoms with Crippen molar-refractivity contribution in [1.82, 2.24) is 9.97 Å². The Balaban J connectivity index is 2.81. The van der Waals surface area contributed by atoms with Crippen LogP contribution in [0.15, 0.2) is 6.20 Å². The summed E-state index contributed by atoms with van der Waals surface area (Å²) in [4.78, 5) is 10.00. The summed E-state index contributed by atoms with van der Waals surface area (Å²) in [5, 5.41) is 0.510. The zero-order valence-corrected chi connectivity index (χ0v) is 9.66. The molecule has 84 valence electrons. The van der Waals surface area contributed by atoms with Crippen molar-refractivity contribution in [1.29, 1.82) is 0 Å². The maximum atomic E-state index is 5.97. The van der Waals surface area contributed by atoms with E-state index in [0.717, 1.165) is 13.0 Å². The monoisotopic (exact) mass is 230 g/mol. The predicted molar refractivity (Wildman–Crippen MR) is 60.5 cm³/mol. The van der Waals surface area contributed by atoms with Gasteiger partial charge >= 0.3 is 6.01 Å². The fourth-order valence-corrected chi connectivity index (χ4v) is 1.38. The van der Waals surface area contributed by atoms with Gasteiger partial charge in [-0.25, -0.2) is 4.98 Å². The van der Waals surface area contributed by atoms with E-state index < -0.39 is 0 Å². The number of methoxy groups -OCH3 is 1. The molecule has 0 radical (unpaired) electrons. The van der Waals surface area contributed by atoms with Crippen LogP contribution in [-0.2, 0) is 0 Å². The van der Waals surface area contributed by atoms with Gasteiger partial charge < -0.3 is 15.4 Å². The lowest BCUT2D eigenvalue weighted by atomic mass is 10.4. The molecule has 2 N–H and O–H groups in total. The van der Waals surface area contributed by atoms with Gasteiger partial charge in [0.2, 0.25) is 0 Å². The number of anilines is 1. The van der Waals surface area contributed by atoms with E-state index in [9.17, 15) is 0 Å². The van der Waals surface area contributed by atoms with E-state index in [1.807, 2.05) is 11.9 Å². The van der Waals surface area contributed by atoms with Crippen LogP contribution in [0.5, 0.6) is 6.01 Å². The first kappa shape index (κ1) is 12.0. The topological polar surface area (TPSA) is 64.3 Å². The van der Waals surface area contributed by atoms with Crippen molar-refractivity contribution in [3.63, 3.8) is 0 Å². The maximum Gasteiger partial charge on any atom is 0.318 e. The van der Waals surface area contributed by atoms with Crippen molar-refractivity contribution in [3.8, 4) is 6.01 Å². The smallest absolute Gasteiger partial charge is 0.318 e. The summed E-state index contributed by atoms with van der Waals surface area (Å²) >= 11 is 5.97. The summed E-state index contributed by atoms with van der Waals surface area (Å²) in [7, 11) is 3.43. The lowest BCUT2D eigenvalue weighted by Crippen LogP contribution is -2.22. The fourth-order valence-electron chi connectivity index (χ4n) is 1.14. The van der Waals surface area contributed by atoms with Gasteiger partial charge in [-0.1, -0.05) is 11.6 Å². The molecule has 0 fully saturated rings. The van der Waals surface area contributed by atoms with Gasteiger partial charge in [0, 0.05) is 13.6 Å². The van der Waals surface area contributed by atoms with Gasteiger partial charge in [0.25, 0.3) is 0 Å². The summed E-state index contributed by atoms with van der Waals surface area (Å²) in [6.07, 6.45) is 2.42. The zero-order chi connectivity index (χ0) is 11.3. The Hall–Kier alpha value is -1.07. The summed E-state index contributed by atoms with van der Waals surface area (Å²) in [5.74, 6) is 0.664. The predicted octanol–water partition coefficient (Wildman–Crippen LogP) is 0.924. The van der Waals surface area contributed by atoms with Crippen LogP contribution in [0.25, 0.3) is 0 Å². The van der Waals surface area contributed by atoms with E-state index in [1.165, 1.54) is 13.3 Å². The molecule has 1 rings (SSSR count). The first-order valence-electron chi connectivity index (χ1n) is 4.66. The van der Waals surface area contributed by atoms with Crippen molar-refractivity contribution in [2.24, 2.45) is 5.73 Å². The molecule has 1 aromatic rings. The molecule has 0 aromatic carbocycles. The number of nitrogens with zero attached hydrogens (tertiary/aromatic N) is 3. The second-order valence-corrected chi connectivity index (χ2v) is 3.50. The molecule has 0 atom stereocenters. The molecule has 0 aliphatic carbocycles. The standard InChI is InChI=1S/C9H15ClN4O/c1-14(5-3-4-11)8-7(10)6-12-9(13-8)15-2/h6H,3-5,11H2,1-2H3. The van der Waals surface area contributed by atoms with Crippen LogP contribution in [0.4, 0.5) is 5.82 Å². The van der Waals surface area contributed by atoms with Gasteiger partial charge in [0.15, 0.2) is 5.82 Å². The molecule has 0 saturated heterocycles. The molecule has 15 heavy (non-hydrogen) atoms. The van der Waals surface area contributed by atoms with E-state index >= 15 is 0 Å². The minimum atomic E-state index is 0.314. The largest absolute Gasteiger partial charge is 0.467 e. The molecule has 0 bridgehead atoms. The highest BCUT2D eigenvalue weighted by Crippen LogP contribution is 2.23. The highest BCUT2D eigenvalue weighted by Gasteiger charge is 2.09. The van der Waals surface area contributed by atoms with Gasteiger partial charge in [-0.3, -0.25) is 0 Å². The highest BCUT2D eigenvalue weighted by atomic mass is 35.5. The summed E-state index contributed by atoms with van der Waals surface area (Å²) in [6.45, 7) is 1.45. The molecule has 1 aromatic heterocycles. The molecule has 1 heterocycles. The van der Waals surface area contributed by atoms with Crippen LogP contribution in [0, 0.1) is 0 Å².